The summed E-state index contributed by atoms with van der Waals surface area (Å²) in [7, 11) is 3.79. The van der Waals surface area contributed by atoms with Crippen molar-refractivity contribution in [2.75, 3.05) is 45.2 Å². The lowest BCUT2D eigenvalue weighted by atomic mass is 10.1. The first-order chi connectivity index (χ1) is 15.7. The van der Waals surface area contributed by atoms with Crippen LogP contribution in [-0.2, 0) is 6.61 Å². The van der Waals surface area contributed by atoms with Gasteiger partial charge in [0.1, 0.15) is 11.5 Å². The van der Waals surface area contributed by atoms with Crippen molar-refractivity contribution in [2.45, 2.75) is 6.61 Å². The maximum atomic E-state index is 6.02. The van der Waals surface area contributed by atoms with Gasteiger partial charge in [-0.25, -0.2) is 0 Å². The first-order valence-corrected chi connectivity index (χ1v) is 10.8. The van der Waals surface area contributed by atoms with Crippen molar-refractivity contribution in [3.63, 3.8) is 0 Å². The number of anilines is 1. The molecule has 1 aromatic heterocycles. The monoisotopic (exact) mass is 502 g/mol. The van der Waals surface area contributed by atoms with Crippen molar-refractivity contribution in [1.29, 1.82) is 0 Å². The van der Waals surface area contributed by atoms with Crippen LogP contribution >= 0.6 is 24.8 Å². The average Bonchev–Trinajstić information content (AvgIpc) is 3.32. The number of fused-ring (bicyclic) bond motifs is 1. The molecule has 1 aliphatic rings. The molecule has 1 saturated heterocycles. The summed E-state index contributed by atoms with van der Waals surface area (Å²) >= 11 is 0. The highest BCUT2D eigenvalue weighted by atomic mass is 35.5. The molecule has 0 N–H and O–H groups in total. The molecule has 4 aromatic rings. The molecule has 1 fully saturated rings. The molecule has 0 unspecified atom stereocenters. The summed E-state index contributed by atoms with van der Waals surface area (Å²) in [6.07, 6.45) is 0. The summed E-state index contributed by atoms with van der Waals surface area (Å²) in [5.74, 6) is 2.37. The molecule has 180 valence electrons. The van der Waals surface area contributed by atoms with Crippen molar-refractivity contribution in [3.8, 4) is 23.0 Å². The van der Waals surface area contributed by atoms with Gasteiger partial charge in [0.25, 0.3) is 5.89 Å². The van der Waals surface area contributed by atoms with Gasteiger partial charge in [0, 0.05) is 37.3 Å². The third-order valence-corrected chi connectivity index (χ3v) is 5.85. The van der Waals surface area contributed by atoms with E-state index in [-0.39, 0.29) is 31.4 Å². The second kappa shape index (κ2) is 11.4. The van der Waals surface area contributed by atoms with E-state index < -0.39 is 0 Å². The van der Waals surface area contributed by atoms with Gasteiger partial charge in [-0.2, -0.15) is 4.98 Å². The molecule has 2 heterocycles. The Morgan fingerprint density at radius 3 is 2.53 bits per heavy atom. The van der Waals surface area contributed by atoms with Crippen molar-refractivity contribution in [1.82, 2.24) is 15.0 Å². The molecule has 0 atom stereocenters. The van der Waals surface area contributed by atoms with Gasteiger partial charge in [-0.05, 0) is 42.8 Å². The minimum absolute atomic E-state index is 0. The van der Waals surface area contributed by atoms with Gasteiger partial charge in [0.05, 0.1) is 12.7 Å². The van der Waals surface area contributed by atoms with Crippen LogP contribution in [0.2, 0.25) is 0 Å². The van der Waals surface area contributed by atoms with Gasteiger partial charge in [-0.1, -0.05) is 35.5 Å². The first-order valence-electron chi connectivity index (χ1n) is 10.8. The second-order valence-corrected chi connectivity index (χ2v) is 7.96. The third kappa shape index (κ3) is 5.38. The standard InChI is InChI=1S/C25H26N4O3.2ClH/c1-28-12-14-29(15-13-28)22-8-5-6-18-10-11-19(16-21(18)22)31-17-24-26-25(32-27-24)20-7-3-4-9-23(20)30-2;;/h3-11,16H,12-15,17H2,1-2H3;2*1H. The van der Waals surface area contributed by atoms with Gasteiger partial charge >= 0.3 is 0 Å². The van der Waals surface area contributed by atoms with E-state index in [4.69, 9.17) is 14.0 Å². The van der Waals surface area contributed by atoms with Gasteiger partial charge in [0.2, 0.25) is 5.82 Å². The number of rotatable bonds is 6. The number of para-hydroxylation sites is 1. The second-order valence-electron chi connectivity index (χ2n) is 7.96. The number of methoxy groups -OCH3 is 1. The normalized spacial score (nSPS) is 13.8. The minimum Gasteiger partial charge on any atom is -0.496 e. The summed E-state index contributed by atoms with van der Waals surface area (Å²) in [5, 5.41) is 6.46. The Morgan fingerprint density at radius 1 is 0.941 bits per heavy atom. The predicted molar refractivity (Wildman–Crippen MR) is 139 cm³/mol. The molecule has 0 saturated carbocycles. The van der Waals surface area contributed by atoms with Crippen LogP contribution in [-0.4, -0.2) is 55.4 Å². The highest BCUT2D eigenvalue weighted by Gasteiger charge is 2.17. The van der Waals surface area contributed by atoms with E-state index in [0.29, 0.717) is 17.5 Å². The smallest absolute Gasteiger partial charge is 0.261 e. The predicted octanol–water partition coefficient (Wildman–Crippen LogP) is 5.07. The average molecular weight is 503 g/mol. The number of aromatic nitrogens is 2. The maximum absolute atomic E-state index is 6.02. The summed E-state index contributed by atoms with van der Waals surface area (Å²) in [5.41, 5.74) is 2.01. The molecule has 0 radical (unpaired) electrons. The molecule has 9 heteroatoms. The number of likely N-dealkylation sites (N-methyl/N-ethyl adjacent to an activating group) is 1. The van der Waals surface area contributed by atoms with Gasteiger partial charge < -0.3 is 23.8 Å². The Labute approximate surface area is 211 Å². The highest BCUT2D eigenvalue weighted by molar-refractivity contribution is 5.95. The number of nitrogens with zero attached hydrogens (tertiary/aromatic N) is 4. The van der Waals surface area contributed by atoms with Gasteiger partial charge in [-0.3, -0.25) is 0 Å². The maximum Gasteiger partial charge on any atom is 0.261 e. The molecule has 0 amide bonds. The number of halogens is 2. The van der Waals surface area contributed by atoms with E-state index in [2.05, 4.69) is 57.3 Å². The fourth-order valence-electron chi connectivity index (χ4n) is 4.04. The molecule has 5 rings (SSSR count). The molecule has 7 nitrogen and oxygen atoms in total. The largest absolute Gasteiger partial charge is 0.496 e. The molecule has 3 aromatic carbocycles. The molecule has 0 spiro atoms. The molecule has 34 heavy (non-hydrogen) atoms. The lowest BCUT2D eigenvalue weighted by Gasteiger charge is -2.34. The van der Waals surface area contributed by atoms with Crippen LogP contribution in [0.1, 0.15) is 5.82 Å². The van der Waals surface area contributed by atoms with Crippen molar-refractivity contribution in [3.05, 3.63) is 66.5 Å². The zero-order valence-corrected chi connectivity index (χ0v) is 20.8. The number of piperazine rings is 1. The molecule has 1 aliphatic heterocycles. The lowest BCUT2D eigenvalue weighted by molar-refractivity contribution is 0.287. The Kier molecular flexibility index (Phi) is 8.61. The zero-order chi connectivity index (χ0) is 21.9. The first kappa shape index (κ1) is 25.6. The minimum atomic E-state index is 0. The third-order valence-electron chi connectivity index (χ3n) is 5.85. The van der Waals surface area contributed by atoms with Crippen LogP contribution in [0, 0.1) is 0 Å². The molecular formula is C25H28Cl2N4O3. The Bertz CT molecular complexity index is 1230. The van der Waals surface area contributed by atoms with Crippen molar-refractivity contribution < 1.29 is 14.0 Å². The SMILES string of the molecule is COc1ccccc1-c1nc(COc2ccc3cccc(N4CCN(C)CC4)c3c2)no1.Cl.Cl. The zero-order valence-electron chi connectivity index (χ0n) is 19.1. The van der Waals surface area contributed by atoms with E-state index in [1.54, 1.807) is 7.11 Å². The Morgan fingerprint density at radius 2 is 1.74 bits per heavy atom. The molecule has 0 bridgehead atoms. The van der Waals surface area contributed by atoms with Crippen LogP contribution in [0.15, 0.2) is 65.2 Å². The van der Waals surface area contributed by atoms with Crippen LogP contribution < -0.4 is 14.4 Å². The van der Waals surface area contributed by atoms with Crippen LogP contribution in [0.4, 0.5) is 5.69 Å². The summed E-state index contributed by atoms with van der Waals surface area (Å²) in [4.78, 5) is 9.28. The van der Waals surface area contributed by atoms with Crippen LogP contribution in [0.25, 0.3) is 22.2 Å². The van der Waals surface area contributed by atoms with E-state index >= 15 is 0 Å². The number of ether oxygens (including phenoxy) is 2. The topological polar surface area (TPSA) is 63.9 Å². The fourth-order valence-corrected chi connectivity index (χ4v) is 4.04. The summed E-state index contributed by atoms with van der Waals surface area (Å²) in [6.45, 7) is 4.41. The lowest BCUT2D eigenvalue weighted by Crippen LogP contribution is -2.44. The van der Waals surface area contributed by atoms with E-state index in [9.17, 15) is 0 Å². The van der Waals surface area contributed by atoms with E-state index in [0.717, 1.165) is 37.5 Å². The molecule has 0 aliphatic carbocycles. The number of hydrogen-bond acceptors (Lipinski definition) is 7. The van der Waals surface area contributed by atoms with E-state index in [1.807, 2.05) is 30.3 Å². The quantitative estimate of drug-likeness (QED) is 0.364. The van der Waals surface area contributed by atoms with Crippen LogP contribution in [0.5, 0.6) is 11.5 Å². The summed E-state index contributed by atoms with van der Waals surface area (Å²) < 4.78 is 16.8. The summed E-state index contributed by atoms with van der Waals surface area (Å²) in [6, 6.07) is 20.2. The van der Waals surface area contributed by atoms with Crippen molar-refractivity contribution in [2.24, 2.45) is 0 Å². The van der Waals surface area contributed by atoms with Crippen LogP contribution in [0.3, 0.4) is 0 Å². The van der Waals surface area contributed by atoms with Gasteiger partial charge in [-0.15, -0.1) is 24.8 Å². The van der Waals surface area contributed by atoms with Gasteiger partial charge in [0.15, 0.2) is 6.61 Å². The Hall–Kier alpha value is -3.00. The van der Waals surface area contributed by atoms with Crippen molar-refractivity contribution >= 4 is 41.3 Å². The molecular weight excluding hydrogens is 475 g/mol. The Balaban J connectivity index is 0.00000162. The number of benzene rings is 3. The highest BCUT2D eigenvalue weighted by Crippen LogP contribution is 2.31. The fraction of sp³-hybridized carbons (Fsp3) is 0.280. The van der Waals surface area contributed by atoms with E-state index in [1.165, 1.54) is 16.5 Å². The number of hydrogen-bond donors (Lipinski definition) is 0.